The van der Waals surface area contributed by atoms with Crippen LogP contribution in [0.2, 0.25) is 0 Å². The highest BCUT2D eigenvalue weighted by Gasteiger charge is 2.28. The molecule has 0 radical (unpaired) electrons. The molecule has 1 aliphatic heterocycles. The van der Waals surface area contributed by atoms with Gasteiger partial charge in [0.1, 0.15) is 5.75 Å². The number of carboxylic acids is 1. The maximum atomic E-state index is 12.2. The standard InChI is InChI=1S/C16H21NO5/c1-2-21-13-6-4-3-5-12(13)7-8-15(18)17-9-10-22-14(11-17)16(19)20/h3-6,14H,2,7-11H2,1H3,(H,19,20)/t14-/m0/s1. The van der Waals surface area contributed by atoms with Gasteiger partial charge < -0.3 is 19.5 Å². The molecule has 0 aromatic heterocycles. The monoisotopic (exact) mass is 307 g/mol. The average molecular weight is 307 g/mol. The van der Waals surface area contributed by atoms with Crippen molar-refractivity contribution in [3.8, 4) is 5.75 Å². The number of hydrogen-bond donors (Lipinski definition) is 1. The van der Waals surface area contributed by atoms with Gasteiger partial charge in [0.2, 0.25) is 5.91 Å². The molecule has 1 aliphatic rings. The molecular formula is C16H21NO5. The van der Waals surface area contributed by atoms with Crippen LogP contribution in [0, 0.1) is 0 Å². The number of morpholine rings is 1. The topological polar surface area (TPSA) is 76.1 Å². The number of carboxylic acid groups (broad SMARTS) is 1. The van der Waals surface area contributed by atoms with Gasteiger partial charge in [0.25, 0.3) is 0 Å². The zero-order valence-corrected chi connectivity index (χ0v) is 12.7. The van der Waals surface area contributed by atoms with Gasteiger partial charge in [-0.3, -0.25) is 4.79 Å². The van der Waals surface area contributed by atoms with Gasteiger partial charge in [-0.1, -0.05) is 18.2 Å². The molecule has 120 valence electrons. The lowest BCUT2D eigenvalue weighted by Gasteiger charge is -2.31. The summed E-state index contributed by atoms with van der Waals surface area (Å²) in [6.45, 7) is 3.31. The van der Waals surface area contributed by atoms with Crippen LogP contribution in [0.4, 0.5) is 0 Å². The highest BCUT2D eigenvalue weighted by atomic mass is 16.5. The summed E-state index contributed by atoms with van der Waals surface area (Å²) >= 11 is 0. The minimum absolute atomic E-state index is 0.0548. The largest absolute Gasteiger partial charge is 0.494 e. The lowest BCUT2D eigenvalue weighted by molar-refractivity contribution is -0.159. The van der Waals surface area contributed by atoms with E-state index in [0.717, 1.165) is 11.3 Å². The molecule has 1 aromatic rings. The lowest BCUT2D eigenvalue weighted by Crippen LogP contribution is -2.48. The summed E-state index contributed by atoms with van der Waals surface area (Å²) in [6.07, 6.45) is -0.0195. The van der Waals surface area contributed by atoms with Crippen molar-refractivity contribution in [2.75, 3.05) is 26.3 Å². The zero-order valence-electron chi connectivity index (χ0n) is 12.7. The first-order chi connectivity index (χ1) is 10.6. The normalized spacial score (nSPS) is 18.0. The zero-order chi connectivity index (χ0) is 15.9. The maximum Gasteiger partial charge on any atom is 0.334 e. The third-order valence-electron chi connectivity index (χ3n) is 3.58. The summed E-state index contributed by atoms with van der Waals surface area (Å²) < 4.78 is 10.7. The number of para-hydroxylation sites is 1. The molecule has 0 unspecified atom stereocenters. The number of aliphatic carboxylic acids is 1. The van der Waals surface area contributed by atoms with Crippen LogP contribution in [0.25, 0.3) is 0 Å². The predicted molar refractivity (Wildman–Crippen MR) is 79.9 cm³/mol. The van der Waals surface area contributed by atoms with Crippen molar-refractivity contribution < 1.29 is 24.2 Å². The lowest BCUT2D eigenvalue weighted by atomic mass is 10.1. The first kappa shape index (κ1) is 16.3. The van der Waals surface area contributed by atoms with Crippen LogP contribution < -0.4 is 4.74 Å². The highest BCUT2D eigenvalue weighted by Crippen LogP contribution is 2.20. The fraction of sp³-hybridized carbons (Fsp3) is 0.500. The molecule has 1 saturated heterocycles. The Morgan fingerprint density at radius 1 is 1.41 bits per heavy atom. The quantitative estimate of drug-likeness (QED) is 0.858. The molecular weight excluding hydrogens is 286 g/mol. The van der Waals surface area contributed by atoms with Crippen LogP contribution in [0.5, 0.6) is 5.75 Å². The van der Waals surface area contributed by atoms with Gasteiger partial charge in [-0.25, -0.2) is 4.79 Å². The Kier molecular flexibility index (Phi) is 5.77. The Labute approximate surface area is 129 Å². The van der Waals surface area contributed by atoms with E-state index in [1.54, 1.807) is 4.90 Å². The molecule has 1 aromatic carbocycles. The second-order valence-corrected chi connectivity index (χ2v) is 5.08. The second kappa shape index (κ2) is 7.79. The average Bonchev–Trinajstić information content (AvgIpc) is 2.54. The molecule has 0 spiro atoms. The van der Waals surface area contributed by atoms with Gasteiger partial charge in [-0.2, -0.15) is 0 Å². The molecule has 1 amide bonds. The van der Waals surface area contributed by atoms with E-state index in [2.05, 4.69) is 0 Å². The number of carbonyl (C=O) groups is 2. The molecule has 1 N–H and O–H groups in total. The second-order valence-electron chi connectivity index (χ2n) is 5.08. The van der Waals surface area contributed by atoms with Crippen molar-refractivity contribution in [3.05, 3.63) is 29.8 Å². The molecule has 1 fully saturated rings. The molecule has 6 heteroatoms. The summed E-state index contributed by atoms with van der Waals surface area (Å²) in [7, 11) is 0. The Balaban J connectivity index is 1.91. The molecule has 1 heterocycles. The van der Waals surface area contributed by atoms with Crippen LogP contribution in [-0.4, -0.2) is 54.3 Å². The van der Waals surface area contributed by atoms with Crippen molar-refractivity contribution in [2.24, 2.45) is 0 Å². The van der Waals surface area contributed by atoms with E-state index in [-0.39, 0.29) is 19.1 Å². The highest BCUT2D eigenvalue weighted by molar-refractivity contribution is 5.79. The Morgan fingerprint density at radius 3 is 2.91 bits per heavy atom. The van der Waals surface area contributed by atoms with Gasteiger partial charge in [-0.15, -0.1) is 0 Å². The maximum absolute atomic E-state index is 12.2. The number of hydrogen-bond acceptors (Lipinski definition) is 4. The molecule has 0 saturated carbocycles. The van der Waals surface area contributed by atoms with Crippen LogP contribution in [0.1, 0.15) is 18.9 Å². The van der Waals surface area contributed by atoms with E-state index in [4.69, 9.17) is 14.6 Å². The predicted octanol–water partition coefficient (Wildman–Crippen LogP) is 1.33. The van der Waals surface area contributed by atoms with Crippen molar-refractivity contribution in [1.29, 1.82) is 0 Å². The number of nitrogens with zero attached hydrogens (tertiary/aromatic N) is 1. The van der Waals surface area contributed by atoms with Crippen molar-refractivity contribution >= 4 is 11.9 Å². The van der Waals surface area contributed by atoms with Gasteiger partial charge in [0.15, 0.2) is 6.10 Å². The van der Waals surface area contributed by atoms with Crippen LogP contribution in [-0.2, 0) is 20.7 Å². The van der Waals surface area contributed by atoms with Gasteiger partial charge in [0.05, 0.1) is 19.8 Å². The fourth-order valence-corrected chi connectivity index (χ4v) is 2.43. The molecule has 2 rings (SSSR count). The number of carbonyl (C=O) groups excluding carboxylic acids is 1. The summed E-state index contributed by atoms with van der Waals surface area (Å²) in [5.74, 6) is -0.289. The number of aryl methyl sites for hydroxylation is 1. The number of rotatable bonds is 6. The van der Waals surface area contributed by atoms with Crippen LogP contribution in [0.15, 0.2) is 24.3 Å². The molecule has 0 aliphatic carbocycles. The van der Waals surface area contributed by atoms with E-state index < -0.39 is 12.1 Å². The molecule has 22 heavy (non-hydrogen) atoms. The van der Waals surface area contributed by atoms with Crippen molar-refractivity contribution in [1.82, 2.24) is 4.90 Å². The van der Waals surface area contributed by atoms with Gasteiger partial charge >= 0.3 is 5.97 Å². The van der Waals surface area contributed by atoms with Crippen LogP contribution in [0.3, 0.4) is 0 Å². The minimum atomic E-state index is -1.03. The van der Waals surface area contributed by atoms with E-state index >= 15 is 0 Å². The summed E-state index contributed by atoms with van der Waals surface area (Å²) in [4.78, 5) is 24.7. The van der Waals surface area contributed by atoms with E-state index in [1.807, 2.05) is 31.2 Å². The van der Waals surface area contributed by atoms with Crippen molar-refractivity contribution in [2.45, 2.75) is 25.9 Å². The van der Waals surface area contributed by atoms with Crippen LogP contribution >= 0.6 is 0 Å². The van der Waals surface area contributed by atoms with E-state index in [9.17, 15) is 9.59 Å². The number of benzene rings is 1. The third kappa shape index (κ3) is 4.21. The minimum Gasteiger partial charge on any atom is -0.494 e. The van der Waals surface area contributed by atoms with Gasteiger partial charge in [0, 0.05) is 13.0 Å². The molecule has 0 bridgehead atoms. The Hall–Kier alpha value is -2.08. The smallest absolute Gasteiger partial charge is 0.334 e. The fourth-order valence-electron chi connectivity index (χ4n) is 2.43. The van der Waals surface area contributed by atoms with Crippen molar-refractivity contribution in [3.63, 3.8) is 0 Å². The summed E-state index contributed by atoms with van der Waals surface area (Å²) in [5, 5.41) is 8.96. The number of amides is 1. The summed E-state index contributed by atoms with van der Waals surface area (Å²) in [5.41, 5.74) is 0.987. The Bertz CT molecular complexity index is 531. The Morgan fingerprint density at radius 2 is 2.18 bits per heavy atom. The SMILES string of the molecule is CCOc1ccccc1CCC(=O)N1CCO[C@H](C(=O)O)C1. The van der Waals surface area contributed by atoms with E-state index in [1.165, 1.54) is 0 Å². The first-order valence-electron chi connectivity index (χ1n) is 7.44. The third-order valence-corrected chi connectivity index (χ3v) is 3.58. The molecule has 6 nitrogen and oxygen atoms in total. The number of ether oxygens (including phenoxy) is 2. The summed E-state index contributed by atoms with van der Waals surface area (Å²) in [6, 6.07) is 7.64. The molecule has 1 atom stereocenters. The van der Waals surface area contributed by atoms with Gasteiger partial charge in [-0.05, 0) is 25.0 Å². The van der Waals surface area contributed by atoms with E-state index in [0.29, 0.717) is 26.0 Å². The first-order valence-corrected chi connectivity index (χ1v) is 7.44.